The molecule has 0 aliphatic carbocycles. The molecular formula is C9H9O3P. The summed E-state index contributed by atoms with van der Waals surface area (Å²) in [6.07, 6.45) is 0.613. The van der Waals surface area contributed by atoms with Crippen LogP contribution in [0.3, 0.4) is 0 Å². The second-order valence-corrected chi connectivity index (χ2v) is 5.44. The zero-order chi connectivity index (χ0) is 9.31. The third kappa shape index (κ3) is 1.52. The lowest BCUT2D eigenvalue weighted by Gasteiger charge is -2.08. The van der Waals surface area contributed by atoms with Crippen molar-refractivity contribution < 1.29 is 13.9 Å². The fourth-order valence-electron chi connectivity index (χ4n) is 1.33. The first kappa shape index (κ1) is 8.52. The Bertz CT molecular complexity index is 372. The Morgan fingerprint density at radius 3 is 2.46 bits per heavy atom. The molecule has 13 heavy (non-hydrogen) atoms. The summed E-state index contributed by atoms with van der Waals surface area (Å²) < 4.78 is 16.8. The van der Waals surface area contributed by atoms with Crippen LogP contribution in [0.2, 0.25) is 0 Å². The van der Waals surface area contributed by atoms with Gasteiger partial charge in [-0.3, -0.25) is 9.36 Å². The van der Waals surface area contributed by atoms with E-state index in [0.717, 1.165) is 0 Å². The Morgan fingerprint density at radius 2 is 1.92 bits per heavy atom. The SMILES string of the molecule is O=C1CC[P@@](=O)(c2ccccc2)O1. The summed E-state index contributed by atoms with van der Waals surface area (Å²) >= 11 is 0. The highest BCUT2D eigenvalue weighted by Crippen LogP contribution is 2.50. The molecule has 0 amide bonds. The molecule has 1 atom stereocenters. The fourth-order valence-corrected chi connectivity index (χ4v) is 3.31. The van der Waals surface area contributed by atoms with Crippen LogP contribution >= 0.6 is 7.37 Å². The first-order valence-electron chi connectivity index (χ1n) is 4.08. The summed E-state index contributed by atoms with van der Waals surface area (Å²) in [7, 11) is -2.83. The Morgan fingerprint density at radius 1 is 1.23 bits per heavy atom. The molecule has 0 radical (unpaired) electrons. The summed E-state index contributed by atoms with van der Waals surface area (Å²) in [5.41, 5.74) is 0. The van der Waals surface area contributed by atoms with Crippen LogP contribution in [0, 0.1) is 0 Å². The average molecular weight is 196 g/mol. The minimum Gasteiger partial charge on any atom is -0.408 e. The van der Waals surface area contributed by atoms with Crippen molar-refractivity contribution in [1.29, 1.82) is 0 Å². The average Bonchev–Trinajstić information content (AvgIpc) is 2.49. The lowest BCUT2D eigenvalue weighted by atomic mass is 10.4. The molecule has 0 unspecified atom stereocenters. The van der Waals surface area contributed by atoms with Crippen molar-refractivity contribution in [3.8, 4) is 0 Å². The van der Waals surface area contributed by atoms with Crippen molar-refractivity contribution >= 4 is 18.6 Å². The van der Waals surface area contributed by atoms with Crippen LogP contribution in [0.25, 0.3) is 0 Å². The largest absolute Gasteiger partial charge is 0.408 e. The standard InChI is InChI=1S/C9H9O3P/c10-9-6-7-13(11,12-9)8-4-2-1-3-5-8/h1-5H,6-7H2/t13-/m0/s1. The van der Waals surface area contributed by atoms with Gasteiger partial charge in [0.1, 0.15) is 0 Å². The maximum Gasteiger partial charge on any atom is 0.311 e. The van der Waals surface area contributed by atoms with Crippen LogP contribution in [0.1, 0.15) is 6.42 Å². The third-order valence-corrected chi connectivity index (χ3v) is 4.41. The van der Waals surface area contributed by atoms with E-state index in [9.17, 15) is 9.36 Å². The van der Waals surface area contributed by atoms with E-state index in [1.807, 2.05) is 6.07 Å². The topological polar surface area (TPSA) is 43.4 Å². The highest BCUT2D eigenvalue weighted by molar-refractivity contribution is 7.67. The monoisotopic (exact) mass is 196 g/mol. The minimum atomic E-state index is -2.83. The molecule has 1 heterocycles. The minimum absolute atomic E-state index is 0.270. The fraction of sp³-hybridized carbons (Fsp3) is 0.222. The lowest BCUT2D eigenvalue weighted by Crippen LogP contribution is -2.04. The van der Waals surface area contributed by atoms with E-state index >= 15 is 0 Å². The molecule has 0 N–H and O–H groups in total. The van der Waals surface area contributed by atoms with E-state index in [1.54, 1.807) is 24.3 Å². The maximum atomic E-state index is 12.0. The molecule has 1 aliphatic rings. The Hall–Kier alpha value is -1.08. The van der Waals surface area contributed by atoms with Gasteiger partial charge in [-0.15, -0.1) is 0 Å². The normalized spacial score (nSPS) is 27.2. The molecule has 3 nitrogen and oxygen atoms in total. The molecule has 4 heteroatoms. The van der Waals surface area contributed by atoms with Crippen molar-refractivity contribution in [2.75, 3.05) is 6.16 Å². The van der Waals surface area contributed by atoms with Crippen LogP contribution in [0.15, 0.2) is 30.3 Å². The van der Waals surface area contributed by atoms with E-state index in [0.29, 0.717) is 11.5 Å². The smallest absolute Gasteiger partial charge is 0.311 e. The van der Waals surface area contributed by atoms with Gasteiger partial charge in [-0.1, -0.05) is 18.2 Å². The molecule has 0 saturated carbocycles. The van der Waals surface area contributed by atoms with E-state index in [-0.39, 0.29) is 12.4 Å². The van der Waals surface area contributed by atoms with Gasteiger partial charge in [0.15, 0.2) is 0 Å². The van der Waals surface area contributed by atoms with Gasteiger partial charge < -0.3 is 4.52 Å². The number of rotatable bonds is 1. The molecule has 1 aliphatic heterocycles. The van der Waals surface area contributed by atoms with E-state index < -0.39 is 7.37 Å². The van der Waals surface area contributed by atoms with Crippen LogP contribution in [0.4, 0.5) is 0 Å². The van der Waals surface area contributed by atoms with Crippen LogP contribution in [-0.2, 0) is 13.9 Å². The van der Waals surface area contributed by atoms with Gasteiger partial charge >= 0.3 is 5.97 Å². The summed E-state index contributed by atoms with van der Waals surface area (Å²) in [4.78, 5) is 10.8. The first-order valence-corrected chi connectivity index (χ1v) is 5.89. The summed E-state index contributed by atoms with van der Waals surface area (Å²) in [5.74, 6) is -0.354. The zero-order valence-electron chi connectivity index (χ0n) is 6.97. The van der Waals surface area contributed by atoms with Crippen molar-refractivity contribution in [3.63, 3.8) is 0 Å². The van der Waals surface area contributed by atoms with Crippen molar-refractivity contribution in [2.45, 2.75) is 6.42 Å². The molecule has 1 aromatic carbocycles. The van der Waals surface area contributed by atoms with Crippen LogP contribution in [-0.4, -0.2) is 12.1 Å². The summed E-state index contributed by atoms with van der Waals surface area (Å²) in [6, 6.07) is 8.90. The second-order valence-electron chi connectivity index (χ2n) is 2.95. The van der Waals surface area contributed by atoms with Crippen molar-refractivity contribution in [3.05, 3.63) is 30.3 Å². The summed E-state index contributed by atoms with van der Waals surface area (Å²) in [6.45, 7) is 0. The molecule has 1 aromatic rings. The summed E-state index contributed by atoms with van der Waals surface area (Å²) in [5, 5.41) is 0.640. The van der Waals surface area contributed by atoms with Gasteiger partial charge in [-0.2, -0.15) is 0 Å². The van der Waals surface area contributed by atoms with Gasteiger partial charge in [0.25, 0.3) is 7.37 Å². The quantitative estimate of drug-likeness (QED) is 0.640. The number of hydrogen-bond donors (Lipinski definition) is 0. The number of carbonyl (C=O) groups excluding carboxylic acids is 1. The van der Waals surface area contributed by atoms with Gasteiger partial charge in [-0.05, 0) is 12.1 Å². The molecule has 0 aromatic heterocycles. The van der Waals surface area contributed by atoms with Crippen molar-refractivity contribution in [1.82, 2.24) is 0 Å². The molecule has 68 valence electrons. The molecule has 2 rings (SSSR count). The first-order chi connectivity index (χ1) is 6.21. The number of benzene rings is 1. The predicted octanol–water partition coefficient (Wildman–Crippen LogP) is 1.54. The van der Waals surface area contributed by atoms with E-state index in [2.05, 4.69) is 0 Å². The van der Waals surface area contributed by atoms with Crippen LogP contribution < -0.4 is 5.30 Å². The molecule has 1 saturated heterocycles. The predicted molar refractivity (Wildman–Crippen MR) is 49.3 cm³/mol. The van der Waals surface area contributed by atoms with Gasteiger partial charge in [0.05, 0.1) is 6.42 Å². The molecule has 0 bridgehead atoms. The lowest BCUT2D eigenvalue weighted by molar-refractivity contribution is -0.131. The van der Waals surface area contributed by atoms with E-state index in [1.165, 1.54) is 0 Å². The maximum absolute atomic E-state index is 12.0. The van der Waals surface area contributed by atoms with Gasteiger partial charge in [0, 0.05) is 11.5 Å². The Labute approximate surface area is 76.2 Å². The van der Waals surface area contributed by atoms with Crippen molar-refractivity contribution in [2.24, 2.45) is 0 Å². The Kier molecular flexibility index (Phi) is 1.97. The van der Waals surface area contributed by atoms with E-state index in [4.69, 9.17) is 4.52 Å². The zero-order valence-corrected chi connectivity index (χ0v) is 7.87. The van der Waals surface area contributed by atoms with Gasteiger partial charge in [-0.25, -0.2) is 0 Å². The second kappa shape index (κ2) is 3.00. The number of carbonyl (C=O) groups is 1. The highest BCUT2D eigenvalue weighted by atomic mass is 31.2. The van der Waals surface area contributed by atoms with Gasteiger partial charge in [0.2, 0.25) is 0 Å². The number of hydrogen-bond acceptors (Lipinski definition) is 3. The Balaban J connectivity index is 2.37. The van der Waals surface area contributed by atoms with Crippen LogP contribution in [0.5, 0.6) is 0 Å². The third-order valence-electron chi connectivity index (χ3n) is 2.01. The molecular weight excluding hydrogens is 187 g/mol. The highest BCUT2D eigenvalue weighted by Gasteiger charge is 2.36. The molecule has 1 fully saturated rings. The molecule has 0 spiro atoms.